The fourth-order valence-corrected chi connectivity index (χ4v) is 5.20. The van der Waals surface area contributed by atoms with Crippen molar-refractivity contribution >= 4 is 5.97 Å². The van der Waals surface area contributed by atoms with Crippen LogP contribution in [-0.2, 0) is 16.8 Å². The first-order chi connectivity index (χ1) is 18.3. The van der Waals surface area contributed by atoms with E-state index >= 15 is 0 Å². The van der Waals surface area contributed by atoms with Crippen molar-refractivity contribution in [2.75, 3.05) is 33.4 Å². The number of rotatable bonds is 11. The fraction of sp³-hybridized carbons (Fsp3) is 0.367. The molecule has 3 aromatic carbocycles. The molecule has 1 saturated heterocycles. The Labute approximate surface area is 255 Å². The molecule has 0 spiro atoms. The Bertz CT molecular complexity index is 1170. The zero-order valence-corrected chi connectivity index (χ0v) is 24.9. The van der Waals surface area contributed by atoms with Crippen LogP contribution in [-0.4, -0.2) is 54.8 Å². The minimum absolute atomic E-state index is 0. The van der Waals surface area contributed by atoms with Gasteiger partial charge < -0.3 is 34.9 Å². The quantitative estimate of drug-likeness (QED) is 0.256. The summed E-state index contributed by atoms with van der Waals surface area (Å²) < 4.78 is 38.4. The van der Waals surface area contributed by atoms with Gasteiger partial charge in [-0.25, -0.2) is 8.78 Å². The van der Waals surface area contributed by atoms with Crippen molar-refractivity contribution in [3.8, 4) is 11.5 Å². The number of nitrogens with zero attached hydrogens (tertiary/aromatic N) is 1. The summed E-state index contributed by atoms with van der Waals surface area (Å²) >= 11 is 0. The van der Waals surface area contributed by atoms with E-state index in [4.69, 9.17) is 9.47 Å². The smallest absolute Gasteiger partial charge is 0.550 e. The molecule has 0 amide bonds. The van der Waals surface area contributed by atoms with E-state index in [-0.39, 0.29) is 59.0 Å². The molecule has 1 heterocycles. The first kappa shape index (κ1) is 33.7. The molecule has 0 unspecified atom stereocenters. The van der Waals surface area contributed by atoms with Crippen molar-refractivity contribution in [3.63, 3.8) is 0 Å². The van der Waals surface area contributed by atoms with Crippen LogP contribution in [0, 0.1) is 17.6 Å². The third-order valence-corrected chi connectivity index (χ3v) is 7.20. The first-order valence-electron chi connectivity index (χ1n) is 12.8. The Morgan fingerprint density at radius 2 is 1.52 bits per heavy atom. The molecule has 40 heavy (non-hydrogen) atoms. The summed E-state index contributed by atoms with van der Waals surface area (Å²) in [7, 11) is 1.51. The van der Waals surface area contributed by atoms with Gasteiger partial charge in [0.15, 0.2) is 11.5 Å². The molecule has 10 heteroatoms. The number of carbonyl (C=O) groups is 1. The third-order valence-electron chi connectivity index (χ3n) is 7.20. The molecule has 3 N–H and O–H groups in total. The van der Waals surface area contributed by atoms with Crippen LogP contribution >= 0.6 is 0 Å². The summed E-state index contributed by atoms with van der Waals surface area (Å²) in [5.74, 6) is -0.993. The molecule has 1 fully saturated rings. The molecule has 1 aliphatic heterocycles. The second-order valence-corrected chi connectivity index (χ2v) is 9.63. The van der Waals surface area contributed by atoms with Crippen LogP contribution in [0.3, 0.4) is 0 Å². The number of benzene rings is 3. The zero-order valence-electron chi connectivity index (χ0n) is 22.9. The largest absolute Gasteiger partial charge is 1.00 e. The number of carbonyl (C=O) groups excluding carboxylic acids is 1. The number of hydrogen-bond acceptors (Lipinski definition) is 6. The Hall–Kier alpha value is -2.53. The van der Waals surface area contributed by atoms with Gasteiger partial charge in [-0.3, -0.25) is 0 Å². The molecule has 0 atom stereocenters. The van der Waals surface area contributed by atoms with Crippen molar-refractivity contribution in [1.29, 1.82) is 0 Å². The molecule has 0 saturated carbocycles. The number of aliphatic carboxylic acids is 1. The summed E-state index contributed by atoms with van der Waals surface area (Å²) in [5.41, 5.74) is 0.419. The number of ether oxygens (including phenoxy) is 2. The van der Waals surface area contributed by atoms with Gasteiger partial charge in [-0.15, -0.1) is 0 Å². The molecule has 0 bridgehead atoms. The number of carboxylic acids is 1. The van der Waals surface area contributed by atoms with Crippen LogP contribution in [0.2, 0.25) is 0 Å². The van der Waals surface area contributed by atoms with E-state index in [0.717, 1.165) is 38.9 Å². The molecule has 210 valence electrons. The number of aliphatic hydroxyl groups is 1. The monoisotopic (exact) mass is 565 g/mol. The maximum Gasteiger partial charge on any atom is 1.00 e. The molecule has 7 nitrogen and oxygen atoms in total. The molecular weight excluding hydrogens is 531 g/mol. The number of methoxy groups -OCH3 is 1. The van der Waals surface area contributed by atoms with Crippen molar-refractivity contribution < 1.29 is 68.3 Å². The fourth-order valence-electron chi connectivity index (χ4n) is 5.20. The molecule has 0 aliphatic carbocycles. The van der Waals surface area contributed by atoms with Gasteiger partial charge in [0.05, 0.1) is 13.7 Å². The first-order valence-corrected chi connectivity index (χ1v) is 12.8. The summed E-state index contributed by atoms with van der Waals surface area (Å²) in [6.45, 7) is 2.82. The number of halogens is 2. The number of likely N-dealkylation sites (tertiary alicyclic amines) is 1. The van der Waals surface area contributed by atoms with Crippen LogP contribution in [0.4, 0.5) is 8.78 Å². The standard InChI is InChI=1S/C30H33F2NO5.Na.H2O/c1-37-28-19-21(20-29(34)35)3-12-27(28)38-18-2-15-33-16-13-24(14-17-33)30(36,22-4-8-25(31)9-5-22)23-6-10-26(32)11-7-23;;/h3-12,19,24,36H,2,13-18,20H2,1H3,(H,34,35);;1H2/q;+1;/p-1. The minimum Gasteiger partial charge on any atom is -0.550 e. The van der Waals surface area contributed by atoms with Gasteiger partial charge in [0.2, 0.25) is 0 Å². The van der Waals surface area contributed by atoms with Crippen LogP contribution in [0.1, 0.15) is 36.0 Å². The van der Waals surface area contributed by atoms with Gasteiger partial charge >= 0.3 is 29.6 Å². The summed E-state index contributed by atoms with van der Waals surface area (Å²) in [5, 5.41) is 22.8. The van der Waals surface area contributed by atoms with Crippen LogP contribution in [0.5, 0.6) is 11.5 Å². The summed E-state index contributed by atoms with van der Waals surface area (Å²) in [6, 6.07) is 16.8. The second-order valence-electron chi connectivity index (χ2n) is 9.63. The molecule has 3 aromatic rings. The average Bonchev–Trinajstić information content (AvgIpc) is 2.92. The number of hydrogen-bond donors (Lipinski definition) is 1. The van der Waals surface area contributed by atoms with E-state index in [0.29, 0.717) is 34.8 Å². The van der Waals surface area contributed by atoms with E-state index in [1.165, 1.54) is 31.4 Å². The molecule has 1 aliphatic rings. The molecule has 0 aromatic heterocycles. The van der Waals surface area contributed by atoms with Gasteiger partial charge in [0, 0.05) is 18.9 Å². The molecular formula is C30H34F2NNaO6. The van der Waals surface area contributed by atoms with Crippen molar-refractivity contribution in [3.05, 3.63) is 95.1 Å². The van der Waals surface area contributed by atoms with Gasteiger partial charge in [0.1, 0.15) is 17.2 Å². The van der Waals surface area contributed by atoms with E-state index in [1.54, 1.807) is 42.5 Å². The number of piperidine rings is 1. The predicted octanol–water partition coefficient (Wildman–Crippen LogP) is -0.138. The zero-order chi connectivity index (χ0) is 27.1. The minimum atomic E-state index is -1.35. The van der Waals surface area contributed by atoms with Gasteiger partial charge in [-0.2, -0.15) is 0 Å². The van der Waals surface area contributed by atoms with Gasteiger partial charge in [0.25, 0.3) is 0 Å². The van der Waals surface area contributed by atoms with Crippen molar-refractivity contribution in [2.24, 2.45) is 5.92 Å². The second kappa shape index (κ2) is 15.5. The molecule has 0 radical (unpaired) electrons. The summed E-state index contributed by atoms with van der Waals surface area (Å²) in [6.07, 6.45) is 2.03. The van der Waals surface area contributed by atoms with E-state index in [1.807, 2.05) is 0 Å². The Morgan fingerprint density at radius 1 is 0.975 bits per heavy atom. The normalized spacial score (nSPS) is 14.1. The number of carboxylic acid groups (broad SMARTS) is 1. The van der Waals surface area contributed by atoms with Crippen molar-refractivity contribution in [2.45, 2.75) is 31.3 Å². The molecule has 4 rings (SSSR count). The summed E-state index contributed by atoms with van der Waals surface area (Å²) in [4.78, 5) is 13.1. The van der Waals surface area contributed by atoms with E-state index in [9.17, 15) is 23.8 Å². The van der Waals surface area contributed by atoms with E-state index in [2.05, 4.69) is 4.90 Å². The Morgan fingerprint density at radius 3 is 2.02 bits per heavy atom. The topological polar surface area (TPSA) is 114 Å². The Kier molecular flexibility index (Phi) is 13.0. The predicted molar refractivity (Wildman–Crippen MR) is 140 cm³/mol. The van der Waals surface area contributed by atoms with E-state index < -0.39 is 11.6 Å². The van der Waals surface area contributed by atoms with Crippen LogP contribution in [0.25, 0.3) is 0 Å². The maximum atomic E-state index is 13.6. The average molecular weight is 566 g/mol. The Balaban J connectivity index is 0.00000280. The third kappa shape index (κ3) is 8.25. The van der Waals surface area contributed by atoms with Crippen LogP contribution in [0.15, 0.2) is 66.7 Å². The maximum absolute atomic E-state index is 13.6. The van der Waals surface area contributed by atoms with Crippen molar-refractivity contribution in [1.82, 2.24) is 4.90 Å². The van der Waals surface area contributed by atoms with Gasteiger partial charge in [-0.1, -0.05) is 30.3 Å². The SMILES string of the molecule is COc1cc(CC(=O)[O-])ccc1OCCCN1CCC(C(O)(c2ccc(F)cc2)c2ccc(F)cc2)CC1.O.[Na+]. The van der Waals surface area contributed by atoms with Crippen LogP contribution < -0.4 is 44.1 Å². The van der Waals surface area contributed by atoms with Gasteiger partial charge in [-0.05, 0) is 91.4 Å².